The van der Waals surface area contributed by atoms with Crippen LogP contribution in [0.1, 0.15) is 35.8 Å². The van der Waals surface area contributed by atoms with Crippen molar-refractivity contribution in [1.29, 1.82) is 0 Å². The van der Waals surface area contributed by atoms with Crippen molar-refractivity contribution in [3.8, 4) is 22.9 Å². The van der Waals surface area contributed by atoms with Crippen LogP contribution >= 0.6 is 11.6 Å². The molecule has 10 heteroatoms. The first-order valence-electron chi connectivity index (χ1n) is 11.7. The molecule has 0 saturated heterocycles. The molecule has 0 radical (unpaired) electrons. The Kier molecular flexibility index (Phi) is 7.93. The summed E-state index contributed by atoms with van der Waals surface area (Å²) in [6.07, 6.45) is 3.41. The van der Waals surface area contributed by atoms with E-state index in [1.165, 1.54) is 6.20 Å². The van der Waals surface area contributed by atoms with Crippen molar-refractivity contribution in [2.24, 2.45) is 0 Å². The Hall–Kier alpha value is -4.11. The summed E-state index contributed by atoms with van der Waals surface area (Å²) in [6, 6.07) is 14.9. The third kappa shape index (κ3) is 6.00. The molecule has 2 aromatic carbocycles. The molecule has 9 nitrogen and oxygen atoms in total. The lowest BCUT2D eigenvalue weighted by Gasteiger charge is -2.19. The molecular weight excluding hydrogens is 492 g/mol. The number of ether oxygens (including phenoxy) is 2. The van der Waals surface area contributed by atoms with Gasteiger partial charge in [0.25, 0.3) is 5.91 Å². The van der Waals surface area contributed by atoms with Crippen molar-refractivity contribution in [2.75, 3.05) is 26.6 Å². The van der Waals surface area contributed by atoms with E-state index in [4.69, 9.17) is 21.1 Å². The van der Waals surface area contributed by atoms with Gasteiger partial charge >= 0.3 is 0 Å². The molecule has 4 aromatic rings. The maximum absolute atomic E-state index is 13.1. The van der Waals surface area contributed by atoms with Crippen molar-refractivity contribution in [2.45, 2.75) is 26.4 Å². The molecule has 0 fully saturated rings. The van der Waals surface area contributed by atoms with Crippen LogP contribution in [0, 0.1) is 0 Å². The minimum absolute atomic E-state index is 0.133. The average molecular weight is 521 g/mol. The molecule has 37 heavy (non-hydrogen) atoms. The molecule has 1 N–H and O–H groups in total. The van der Waals surface area contributed by atoms with Gasteiger partial charge < -0.3 is 19.7 Å². The lowest BCUT2D eigenvalue weighted by molar-refractivity contribution is 0.0785. The van der Waals surface area contributed by atoms with Crippen LogP contribution in [0.4, 0.5) is 11.6 Å². The molecule has 2 heterocycles. The van der Waals surface area contributed by atoms with Crippen molar-refractivity contribution in [3.63, 3.8) is 0 Å². The molecule has 0 aliphatic heterocycles. The first kappa shape index (κ1) is 26.0. The van der Waals surface area contributed by atoms with Gasteiger partial charge in [-0.2, -0.15) is 5.10 Å². The highest BCUT2D eigenvalue weighted by atomic mass is 35.5. The summed E-state index contributed by atoms with van der Waals surface area (Å²) < 4.78 is 12.6. The number of carbonyl (C=O) groups is 1. The van der Waals surface area contributed by atoms with Crippen LogP contribution in [0.2, 0.25) is 5.02 Å². The number of halogens is 1. The third-order valence-corrected chi connectivity index (χ3v) is 6.02. The number of benzene rings is 2. The highest BCUT2D eigenvalue weighted by Gasteiger charge is 2.17. The molecule has 4 rings (SSSR count). The van der Waals surface area contributed by atoms with Gasteiger partial charge in [-0.1, -0.05) is 23.7 Å². The summed E-state index contributed by atoms with van der Waals surface area (Å²) in [7, 11) is 4.92. The lowest BCUT2D eigenvalue weighted by Crippen LogP contribution is -2.26. The molecule has 0 atom stereocenters. The number of carbonyl (C=O) groups excluding carboxylic acids is 1. The highest BCUT2D eigenvalue weighted by Crippen LogP contribution is 2.31. The Balaban J connectivity index is 1.51. The van der Waals surface area contributed by atoms with Crippen LogP contribution in [0.3, 0.4) is 0 Å². The van der Waals surface area contributed by atoms with Crippen LogP contribution in [-0.2, 0) is 6.54 Å². The second-order valence-corrected chi connectivity index (χ2v) is 9.12. The van der Waals surface area contributed by atoms with Crippen LogP contribution in [0.5, 0.6) is 11.5 Å². The fourth-order valence-corrected chi connectivity index (χ4v) is 3.89. The molecule has 0 aliphatic rings. The van der Waals surface area contributed by atoms with E-state index in [1.807, 2.05) is 55.1 Å². The summed E-state index contributed by atoms with van der Waals surface area (Å²) >= 11 is 6.36. The molecular formula is C27H29ClN6O3. The summed E-state index contributed by atoms with van der Waals surface area (Å²) in [5.41, 5.74) is 3.27. The van der Waals surface area contributed by atoms with Gasteiger partial charge in [0.1, 0.15) is 22.9 Å². The Bertz CT molecular complexity index is 1390. The topological polar surface area (TPSA) is 94.4 Å². The van der Waals surface area contributed by atoms with E-state index in [9.17, 15) is 4.79 Å². The van der Waals surface area contributed by atoms with Gasteiger partial charge in [-0.25, -0.2) is 9.97 Å². The number of hydrogen-bond acceptors (Lipinski definition) is 7. The molecule has 1 amide bonds. The number of anilines is 2. The van der Waals surface area contributed by atoms with E-state index in [-0.39, 0.29) is 11.9 Å². The predicted octanol–water partition coefficient (Wildman–Crippen LogP) is 5.61. The van der Waals surface area contributed by atoms with Gasteiger partial charge in [0.15, 0.2) is 0 Å². The lowest BCUT2D eigenvalue weighted by atomic mass is 10.1. The van der Waals surface area contributed by atoms with E-state index in [1.54, 1.807) is 44.4 Å². The zero-order valence-electron chi connectivity index (χ0n) is 21.4. The molecule has 192 valence electrons. The number of aromatic nitrogens is 4. The summed E-state index contributed by atoms with van der Waals surface area (Å²) in [6.45, 7) is 4.55. The van der Waals surface area contributed by atoms with Crippen molar-refractivity contribution < 1.29 is 14.3 Å². The predicted molar refractivity (Wildman–Crippen MR) is 144 cm³/mol. The molecule has 0 unspecified atom stereocenters. The number of nitrogens with one attached hydrogen (secondary N) is 1. The molecule has 0 saturated carbocycles. The largest absolute Gasteiger partial charge is 0.497 e. The number of rotatable bonds is 9. The molecule has 0 spiro atoms. The summed E-state index contributed by atoms with van der Waals surface area (Å²) in [5.74, 6) is 1.44. The van der Waals surface area contributed by atoms with E-state index in [2.05, 4.69) is 20.4 Å². The quantitative estimate of drug-likeness (QED) is 0.306. The minimum Gasteiger partial charge on any atom is -0.497 e. The highest BCUT2D eigenvalue weighted by molar-refractivity contribution is 6.32. The van der Waals surface area contributed by atoms with E-state index >= 15 is 0 Å². The first-order chi connectivity index (χ1) is 17.8. The fourth-order valence-electron chi connectivity index (χ4n) is 3.70. The van der Waals surface area contributed by atoms with Crippen molar-refractivity contribution >= 4 is 29.1 Å². The third-order valence-electron chi connectivity index (χ3n) is 5.74. The van der Waals surface area contributed by atoms with Crippen LogP contribution in [0.25, 0.3) is 11.4 Å². The average Bonchev–Trinajstić information content (AvgIpc) is 3.40. The summed E-state index contributed by atoms with van der Waals surface area (Å²) in [5, 5.41) is 8.10. The smallest absolute Gasteiger partial charge is 0.254 e. The molecule has 0 aliphatic carbocycles. The Morgan fingerprint density at radius 1 is 1.11 bits per heavy atom. The van der Waals surface area contributed by atoms with Gasteiger partial charge in [-0.15, -0.1) is 0 Å². The van der Waals surface area contributed by atoms with Crippen molar-refractivity contribution in [3.05, 3.63) is 77.1 Å². The van der Waals surface area contributed by atoms with E-state index in [0.717, 1.165) is 11.3 Å². The SMILES string of the molecule is COc1ccc(CN(C)C(=O)c2ccc(Nc3ncc(Cl)c(-c4ccn(C(C)C)n4)n3)c(OC)c2)cc1. The van der Waals surface area contributed by atoms with E-state index < -0.39 is 0 Å². The van der Waals surface area contributed by atoms with Gasteiger partial charge in [-0.3, -0.25) is 9.48 Å². The zero-order valence-corrected chi connectivity index (χ0v) is 22.2. The second-order valence-electron chi connectivity index (χ2n) is 8.71. The zero-order chi connectivity index (χ0) is 26.5. The monoisotopic (exact) mass is 520 g/mol. The van der Waals surface area contributed by atoms with Gasteiger partial charge in [0, 0.05) is 31.4 Å². The van der Waals surface area contributed by atoms with Crippen LogP contribution in [-0.4, -0.2) is 51.8 Å². The van der Waals surface area contributed by atoms with Crippen molar-refractivity contribution in [1.82, 2.24) is 24.6 Å². The Labute approximate surface area is 221 Å². The van der Waals surface area contributed by atoms with Crippen LogP contribution in [0.15, 0.2) is 60.9 Å². The maximum Gasteiger partial charge on any atom is 0.254 e. The maximum atomic E-state index is 13.1. The summed E-state index contributed by atoms with van der Waals surface area (Å²) in [4.78, 5) is 23.6. The number of nitrogens with zero attached hydrogens (tertiary/aromatic N) is 5. The van der Waals surface area contributed by atoms with Gasteiger partial charge in [-0.05, 0) is 55.8 Å². The fraction of sp³-hybridized carbons (Fsp3) is 0.259. The van der Waals surface area contributed by atoms with E-state index in [0.29, 0.717) is 45.9 Å². The van der Waals surface area contributed by atoms with Gasteiger partial charge in [0.05, 0.1) is 31.1 Å². The molecule has 2 aromatic heterocycles. The number of amides is 1. The Morgan fingerprint density at radius 2 is 1.86 bits per heavy atom. The second kappa shape index (κ2) is 11.3. The normalized spacial score (nSPS) is 10.9. The number of hydrogen-bond donors (Lipinski definition) is 1. The van der Waals surface area contributed by atoms with Crippen LogP contribution < -0.4 is 14.8 Å². The van der Waals surface area contributed by atoms with Gasteiger partial charge in [0.2, 0.25) is 5.95 Å². The Morgan fingerprint density at radius 3 is 2.51 bits per heavy atom. The first-order valence-corrected chi connectivity index (χ1v) is 12.1. The standard InChI is InChI=1S/C27H29ClN6O3/c1-17(2)34-13-12-23(32-34)25-21(28)15-29-27(31-25)30-22-11-8-19(14-24(22)37-5)26(35)33(3)16-18-6-9-20(36-4)10-7-18/h6-15,17H,16H2,1-5H3,(H,29,30,31). The molecule has 0 bridgehead atoms. The minimum atomic E-state index is -0.133. The number of methoxy groups -OCH3 is 2.